The minimum atomic E-state index is 0.408. The van der Waals surface area contributed by atoms with Gasteiger partial charge in [0.1, 0.15) is 0 Å². The van der Waals surface area contributed by atoms with Crippen molar-refractivity contribution in [1.29, 1.82) is 0 Å². The Hall–Kier alpha value is -1.93. The molecule has 0 fully saturated rings. The smallest absolute Gasteiger partial charge is 0.225 e. The molecule has 2 aliphatic rings. The molecule has 3 heterocycles. The van der Waals surface area contributed by atoms with Gasteiger partial charge in [0, 0.05) is 30.9 Å². The molecule has 0 saturated carbocycles. The Morgan fingerprint density at radius 2 is 2.00 bits per heavy atom. The van der Waals surface area contributed by atoms with E-state index in [9.17, 15) is 0 Å². The molecule has 0 spiro atoms. The first kappa shape index (κ1) is 12.1. The summed E-state index contributed by atoms with van der Waals surface area (Å²) < 4.78 is 0. The predicted octanol–water partition coefficient (Wildman–Crippen LogP) is 1.73. The Balaban J connectivity index is 1.68. The number of hydrogen-bond acceptors (Lipinski definition) is 5. The number of anilines is 1. The molecule has 0 aromatic carbocycles. The van der Waals surface area contributed by atoms with Crippen LogP contribution in [-0.4, -0.2) is 28.4 Å². The van der Waals surface area contributed by atoms with Gasteiger partial charge >= 0.3 is 0 Å². The van der Waals surface area contributed by atoms with E-state index in [1.807, 2.05) is 5.41 Å². The van der Waals surface area contributed by atoms with E-state index in [1.54, 1.807) is 24.2 Å². The van der Waals surface area contributed by atoms with E-state index in [0.29, 0.717) is 5.37 Å². The van der Waals surface area contributed by atoms with Gasteiger partial charge in [-0.1, -0.05) is 18.1 Å². The van der Waals surface area contributed by atoms with Gasteiger partial charge in [0.15, 0.2) is 0 Å². The van der Waals surface area contributed by atoms with E-state index in [2.05, 4.69) is 51.1 Å². The topological polar surface area (TPSA) is 41.1 Å². The standard InChI is InChI=1S/C14H14N4S/c1-11-17-13(10-19-11)5-4-12-8-15-14(16-9-12)18-6-2-3-7-18/h2-3,8-11,17H,6-7H2,1H3. The largest absolute Gasteiger partial charge is 0.366 e. The Kier molecular flexibility index (Phi) is 3.43. The van der Waals surface area contributed by atoms with Crippen LogP contribution in [0.4, 0.5) is 5.95 Å². The molecule has 0 amide bonds. The second kappa shape index (κ2) is 5.37. The fraction of sp³-hybridized carbons (Fsp3) is 0.286. The SMILES string of the molecule is CC1NC(C#Cc2cnc(N3CC=CC3)nc2)=CS1. The minimum Gasteiger partial charge on any atom is -0.366 e. The summed E-state index contributed by atoms with van der Waals surface area (Å²) in [5.41, 5.74) is 1.80. The van der Waals surface area contributed by atoms with Gasteiger partial charge in [-0.3, -0.25) is 0 Å². The monoisotopic (exact) mass is 270 g/mol. The van der Waals surface area contributed by atoms with Crippen LogP contribution in [0, 0.1) is 11.8 Å². The van der Waals surface area contributed by atoms with Crippen LogP contribution in [0.3, 0.4) is 0 Å². The molecule has 1 aromatic heterocycles. The number of nitrogens with zero attached hydrogens (tertiary/aromatic N) is 3. The van der Waals surface area contributed by atoms with Crippen LogP contribution in [0.1, 0.15) is 12.5 Å². The van der Waals surface area contributed by atoms with Gasteiger partial charge < -0.3 is 10.2 Å². The highest BCUT2D eigenvalue weighted by Gasteiger charge is 2.10. The van der Waals surface area contributed by atoms with Crippen molar-refractivity contribution in [1.82, 2.24) is 15.3 Å². The van der Waals surface area contributed by atoms with E-state index >= 15 is 0 Å². The predicted molar refractivity (Wildman–Crippen MR) is 78.5 cm³/mol. The van der Waals surface area contributed by atoms with Gasteiger partial charge in [-0.2, -0.15) is 0 Å². The van der Waals surface area contributed by atoms with Gasteiger partial charge in [-0.25, -0.2) is 9.97 Å². The van der Waals surface area contributed by atoms with Crippen molar-refractivity contribution >= 4 is 17.7 Å². The lowest BCUT2D eigenvalue weighted by Crippen LogP contribution is -2.20. The molecule has 3 rings (SSSR count). The maximum atomic E-state index is 4.35. The highest BCUT2D eigenvalue weighted by molar-refractivity contribution is 8.02. The molecule has 0 bridgehead atoms. The molecular weight excluding hydrogens is 256 g/mol. The molecule has 4 nitrogen and oxygen atoms in total. The van der Waals surface area contributed by atoms with Crippen LogP contribution < -0.4 is 10.2 Å². The molecule has 0 aliphatic carbocycles. The summed E-state index contributed by atoms with van der Waals surface area (Å²) in [6, 6.07) is 0. The van der Waals surface area contributed by atoms with Crippen molar-refractivity contribution in [2.75, 3.05) is 18.0 Å². The zero-order chi connectivity index (χ0) is 13.1. The van der Waals surface area contributed by atoms with Gasteiger partial charge in [-0.15, -0.1) is 11.8 Å². The number of rotatable bonds is 1. The quantitative estimate of drug-likeness (QED) is 0.622. The highest BCUT2D eigenvalue weighted by atomic mass is 32.2. The highest BCUT2D eigenvalue weighted by Crippen LogP contribution is 2.19. The van der Waals surface area contributed by atoms with E-state index in [1.165, 1.54) is 0 Å². The van der Waals surface area contributed by atoms with Crippen molar-refractivity contribution in [2.45, 2.75) is 12.3 Å². The van der Waals surface area contributed by atoms with E-state index < -0.39 is 0 Å². The summed E-state index contributed by atoms with van der Waals surface area (Å²) in [6.45, 7) is 3.88. The van der Waals surface area contributed by atoms with Gasteiger partial charge in [-0.05, 0) is 12.8 Å². The molecular formula is C14H14N4S. The molecule has 19 heavy (non-hydrogen) atoms. The lowest BCUT2D eigenvalue weighted by molar-refractivity contribution is 0.847. The first-order valence-electron chi connectivity index (χ1n) is 6.17. The van der Waals surface area contributed by atoms with Crippen LogP contribution in [0.5, 0.6) is 0 Å². The number of nitrogens with one attached hydrogen (secondary N) is 1. The molecule has 96 valence electrons. The van der Waals surface area contributed by atoms with Gasteiger partial charge in [0.05, 0.1) is 16.6 Å². The molecule has 5 heteroatoms. The van der Waals surface area contributed by atoms with Crippen LogP contribution in [-0.2, 0) is 0 Å². The molecule has 0 radical (unpaired) electrons. The van der Waals surface area contributed by atoms with E-state index in [-0.39, 0.29) is 0 Å². The number of hydrogen-bond donors (Lipinski definition) is 1. The van der Waals surface area contributed by atoms with Crippen molar-refractivity contribution in [2.24, 2.45) is 0 Å². The Morgan fingerprint density at radius 3 is 2.63 bits per heavy atom. The van der Waals surface area contributed by atoms with Crippen molar-refractivity contribution in [3.8, 4) is 11.8 Å². The maximum Gasteiger partial charge on any atom is 0.225 e. The summed E-state index contributed by atoms with van der Waals surface area (Å²) in [6.07, 6.45) is 7.79. The molecule has 1 atom stereocenters. The first-order chi connectivity index (χ1) is 9.31. The molecule has 0 saturated heterocycles. The fourth-order valence-corrected chi connectivity index (χ4v) is 2.51. The summed E-state index contributed by atoms with van der Waals surface area (Å²) in [7, 11) is 0. The number of allylic oxidation sites excluding steroid dienone is 1. The molecule has 1 aromatic rings. The van der Waals surface area contributed by atoms with Gasteiger partial charge in [0.25, 0.3) is 0 Å². The average Bonchev–Trinajstić information content (AvgIpc) is 3.08. The molecule has 2 aliphatic heterocycles. The minimum absolute atomic E-state index is 0.408. The van der Waals surface area contributed by atoms with Crippen molar-refractivity contribution in [3.05, 3.63) is 41.2 Å². The molecule has 1 N–H and O–H groups in total. The van der Waals surface area contributed by atoms with E-state index in [0.717, 1.165) is 30.3 Å². The lowest BCUT2D eigenvalue weighted by atomic mass is 10.3. The van der Waals surface area contributed by atoms with Crippen molar-refractivity contribution < 1.29 is 0 Å². The Morgan fingerprint density at radius 1 is 1.26 bits per heavy atom. The lowest BCUT2D eigenvalue weighted by Gasteiger charge is -2.13. The fourth-order valence-electron chi connectivity index (χ4n) is 1.85. The van der Waals surface area contributed by atoms with Crippen LogP contribution in [0.15, 0.2) is 35.7 Å². The summed E-state index contributed by atoms with van der Waals surface area (Å²) in [5.74, 6) is 6.92. The maximum absolute atomic E-state index is 4.35. The zero-order valence-corrected chi connectivity index (χ0v) is 11.4. The van der Waals surface area contributed by atoms with Crippen molar-refractivity contribution in [3.63, 3.8) is 0 Å². The third-order valence-electron chi connectivity index (χ3n) is 2.83. The van der Waals surface area contributed by atoms with Crippen LogP contribution >= 0.6 is 11.8 Å². The Bertz CT molecular complexity index is 572. The Labute approximate surface area is 117 Å². The third kappa shape index (κ3) is 2.91. The second-order valence-corrected chi connectivity index (χ2v) is 5.57. The summed E-state index contributed by atoms with van der Waals surface area (Å²) in [4.78, 5) is 10.8. The summed E-state index contributed by atoms with van der Waals surface area (Å²) >= 11 is 1.74. The zero-order valence-electron chi connectivity index (χ0n) is 10.6. The second-order valence-electron chi connectivity index (χ2n) is 4.35. The van der Waals surface area contributed by atoms with Gasteiger partial charge in [0.2, 0.25) is 5.95 Å². The average molecular weight is 270 g/mol. The third-order valence-corrected chi connectivity index (χ3v) is 3.73. The number of aromatic nitrogens is 2. The number of thioether (sulfide) groups is 1. The first-order valence-corrected chi connectivity index (χ1v) is 7.12. The van der Waals surface area contributed by atoms with E-state index in [4.69, 9.17) is 0 Å². The molecule has 1 unspecified atom stereocenters. The van der Waals surface area contributed by atoms with Crippen LogP contribution in [0.25, 0.3) is 0 Å². The van der Waals surface area contributed by atoms with Crippen LogP contribution in [0.2, 0.25) is 0 Å². The summed E-state index contributed by atoms with van der Waals surface area (Å²) in [5, 5.41) is 5.73. The normalized spacial score (nSPS) is 20.8.